The number of nitrogens with zero attached hydrogens (tertiary/aromatic N) is 2. The van der Waals surface area contributed by atoms with Crippen molar-refractivity contribution in [3.8, 4) is 0 Å². The third-order valence-corrected chi connectivity index (χ3v) is 4.30. The van der Waals surface area contributed by atoms with Gasteiger partial charge >= 0.3 is 0 Å². The van der Waals surface area contributed by atoms with Crippen molar-refractivity contribution in [2.75, 3.05) is 17.5 Å². The van der Waals surface area contributed by atoms with Crippen LogP contribution >= 0.6 is 0 Å². The third kappa shape index (κ3) is 2.97. The van der Waals surface area contributed by atoms with Crippen LogP contribution in [-0.4, -0.2) is 30.9 Å². The van der Waals surface area contributed by atoms with E-state index in [4.69, 9.17) is 5.73 Å². The van der Waals surface area contributed by atoms with Gasteiger partial charge in [-0.25, -0.2) is 4.98 Å². The Hall–Kier alpha value is -2.55. The molecule has 1 amide bonds. The molecule has 0 spiro atoms. The van der Waals surface area contributed by atoms with Gasteiger partial charge in [0.1, 0.15) is 0 Å². The number of benzene rings is 1. The number of rotatable bonds is 4. The molecule has 2 rings (SSSR count). The van der Waals surface area contributed by atoms with E-state index >= 15 is 0 Å². The van der Waals surface area contributed by atoms with Crippen molar-refractivity contribution in [1.82, 2.24) is 14.9 Å². The van der Waals surface area contributed by atoms with Crippen LogP contribution in [0.5, 0.6) is 0 Å². The molecule has 2 aromatic rings. The first-order chi connectivity index (χ1) is 9.85. The Morgan fingerprint density at radius 3 is 2.38 bits per heavy atom. The molecule has 9 heteroatoms. The number of amides is 1. The zero-order valence-electron chi connectivity index (χ0n) is 11.5. The van der Waals surface area contributed by atoms with Crippen LogP contribution in [0.25, 0.3) is 0 Å². The summed E-state index contributed by atoms with van der Waals surface area (Å²) >= 11 is 0. The minimum absolute atomic E-state index is 0.0769. The minimum Gasteiger partial charge on any atom is -0.381 e. The van der Waals surface area contributed by atoms with Gasteiger partial charge in [-0.1, -0.05) is 0 Å². The quantitative estimate of drug-likeness (QED) is 0.743. The first kappa shape index (κ1) is 14.9. The maximum Gasteiger partial charge on any atom is 0.281 e. The van der Waals surface area contributed by atoms with Crippen LogP contribution in [0.3, 0.4) is 0 Å². The zero-order chi connectivity index (χ0) is 15.6. The number of hydrogen-bond acceptors (Lipinski definition) is 5. The van der Waals surface area contributed by atoms with Gasteiger partial charge in [0, 0.05) is 25.3 Å². The van der Waals surface area contributed by atoms with Crippen LogP contribution in [-0.2, 0) is 17.1 Å². The predicted octanol–water partition coefficient (Wildman–Crippen LogP) is 0.163. The summed E-state index contributed by atoms with van der Waals surface area (Å²) in [5.41, 5.74) is 6.31. The van der Waals surface area contributed by atoms with Crippen LogP contribution in [0.4, 0.5) is 11.5 Å². The van der Waals surface area contributed by atoms with Gasteiger partial charge in [-0.3, -0.25) is 9.52 Å². The maximum atomic E-state index is 12.2. The van der Waals surface area contributed by atoms with E-state index in [-0.39, 0.29) is 16.8 Å². The fourth-order valence-electron chi connectivity index (χ4n) is 1.80. The Morgan fingerprint density at radius 2 is 1.90 bits per heavy atom. The molecule has 4 N–H and O–H groups in total. The number of nitrogens with two attached hydrogens (primary N) is 1. The van der Waals surface area contributed by atoms with Crippen LogP contribution in [0, 0.1) is 0 Å². The van der Waals surface area contributed by atoms with Gasteiger partial charge in [0.2, 0.25) is 0 Å². The smallest absolute Gasteiger partial charge is 0.281 e. The van der Waals surface area contributed by atoms with Gasteiger partial charge in [0.25, 0.3) is 15.9 Å². The molecule has 0 bridgehead atoms. The van der Waals surface area contributed by atoms with Crippen molar-refractivity contribution in [2.24, 2.45) is 7.05 Å². The molecule has 1 aromatic heterocycles. The molecule has 0 aliphatic carbocycles. The number of carbonyl (C=O) groups excluding carboxylic acids is 1. The summed E-state index contributed by atoms with van der Waals surface area (Å²) in [4.78, 5) is 15.1. The summed E-state index contributed by atoms with van der Waals surface area (Å²) in [6.07, 6.45) is 1.32. The second-order valence-corrected chi connectivity index (χ2v) is 5.91. The molecular weight excluding hydrogens is 294 g/mol. The monoisotopic (exact) mass is 309 g/mol. The van der Waals surface area contributed by atoms with Crippen LogP contribution in [0.1, 0.15) is 10.4 Å². The molecule has 1 heterocycles. The largest absolute Gasteiger partial charge is 0.381 e. The molecule has 0 saturated carbocycles. The van der Waals surface area contributed by atoms with Gasteiger partial charge in [0.05, 0.1) is 6.33 Å². The van der Waals surface area contributed by atoms with Crippen molar-refractivity contribution in [3.05, 3.63) is 36.2 Å². The Bertz CT molecular complexity index is 745. The Morgan fingerprint density at radius 1 is 1.29 bits per heavy atom. The van der Waals surface area contributed by atoms with E-state index < -0.39 is 10.0 Å². The van der Waals surface area contributed by atoms with Gasteiger partial charge in [-0.05, 0) is 24.3 Å². The number of aromatic nitrogens is 2. The van der Waals surface area contributed by atoms with Crippen molar-refractivity contribution in [1.29, 1.82) is 0 Å². The van der Waals surface area contributed by atoms with E-state index in [0.717, 1.165) is 0 Å². The number of hydrogen-bond donors (Lipinski definition) is 3. The lowest BCUT2D eigenvalue weighted by atomic mass is 10.2. The summed E-state index contributed by atoms with van der Waals surface area (Å²) < 4.78 is 28.2. The number of imidazole rings is 1. The van der Waals surface area contributed by atoms with E-state index in [9.17, 15) is 13.2 Å². The summed E-state index contributed by atoms with van der Waals surface area (Å²) in [6.45, 7) is 0. The van der Waals surface area contributed by atoms with Crippen LogP contribution in [0.2, 0.25) is 0 Å². The summed E-state index contributed by atoms with van der Waals surface area (Å²) in [5, 5.41) is 2.37. The van der Waals surface area contributed by atoms with E-state index in [1.807, 2.05) is 0 Å². The molecule has 112 valence electrons. The zero-order valence-corrected chi connectivity index (χ0v) is 12.3. The van der Waals surface area contributed by atoms with Crippen molar-refractivity contribution >= 4 is 27.4 Å². The Balaban J connectivity index is 2.27. The molecule has 0 unspecified atom stereocenters. The van der Waals surface area contributed by atoms with E-state index in [1.54, 1.807) is 0 Å². The number of nitrogens with one attached hydrogen (secondary N) is 2. The van der Waals surface area contributed by atoms with Gasteiger partial charge in [0.15, 0.2) is 10.8 Å². The standard InChI is InChI=1S/C12H15N5O3S/c1-14-11(18)8-3-5-9(6-4-8)16-21(19,20)12-10(13)15-7-17(12)2/h3-7,16H,13H2,1-2H3,(H,14,18). The molecule has 0 aliphatic rings. The first-order valence-corrected chi connectivity index (χ1v) is 7.45. The van der Waals surface area contributed by atoms with Crippen molar-refractivity contribution in [2.45, 2.75) is 5.03 Å². The molecule has 0 aliphatic heterocycles. The second kappa shape index (κ2) is 5.44. The molecular formula is C12H15N5O3S. The predicted molar refractivity (Wildman–Crippen MR) is 78.3 cm³/mol. The molecule has 0 saturated heterocycles. The van der Waals surface area contributed by atoms with Gasteiger partial charge < -0.3 is 15.6 Å². The lowest BCUT2D eigenvalue weighted by Gasteiger charge is -2.09. The Labute approximate surface area is 122 Å². The number of anilines is 2. The fraction of sp³-hybridized carbons (Fsp3) is 0.167. The van der Waals surface area contributed by atoms with Gasteiger partial charge in [-0.15, -0.1) is 0 Å². The molecule has 0 fully saturated rings. The number of carbonyl (C=O) groups is 1. The maximum absolute atomic E-state index is 12.2. The van der Waals surface area contributed by atoms with Crippen molar-refractivity contribution < 1.29 is 13.2 Å². The van der Waals surface area contributed by atoms with E-state index in [2.05, 4.69) is 15.0 Å². The van der Waals surface area contributed by atoms with Gasteiger partial charge in [-0.2, -0.15) is 8.42 Å². The van der Waals surface area contributed by atoms with E-state index in [1.165, 1.54) is 49.3 Å². The number of sulfonamides is 1. The summed E-state index contributed by atoms with van der Waals surface area (Å²) in [5.74, 6) is -0.327. The highest BCUT2D eigenvalue weighted by atomic mass is 32.2. The SMILES string of the molecule is CNC(=O)c1ccc(NS(=O)(=O)c2c(N)ncn2C)cc1. The molecule has 0 radical (unpaired) electrons. The molecule has 21 heavy (non-hydrogen) atoms. The second-order valence-electron chi connectivity index (χ2n) is 4.31. The summed E-state index contributed by atoms with van der Waals surface area (Å²) in [7, 11) is -0.793. The third-order valence-electron chi connectivity index (χ3n) is 2.79. The normalized spacial score (nSPS) is 11.1. The van der Waals surface area contributed by atoms with E-state index in [0.29, 0.717) is 11.3 Å². The highest BCUT2D eigenvalue weighted by molar-refractivity contribution is 7.92. The number of aryl methyl sites for hydroxylation is 1. The lowest BCUT2D eigenvalue weighted by molar-refractivity contribution is 0.0963. The summed E-state index contributed by atoms with van der Waals surface area (Å²) in [6, 6.07) is 6.02. The average Bonchev–Trinajstić information content (AvgIpc) is 2.78. The topological polar surface area (TPSA) is 119 Å². The number of nitrogen functional groups attached to an aromatic ring is 1. The first-order valence-electron chi connectivity index (χ1n) is 5.97. The lowest BCUT2D eigenvalue weighted by Crippen LogP contribution is -2.19. The fourth-order valence-corrected chi connectivity index (χ4v) is 3.10. The van der Waals surface area contributed by atoms with Crippen LogP contribution < -0.4 is 15.8 Å². The highest BCUT2D eigenvalue weighted by Gasteiger charge is 2.22. The molecule has 8 nitrogen and oxygen atoms in total. The Kier molecular flexibility index (Phi) is 3.85. The molecule has 0 atom stereocenters. The van der Waals surface area contributed by atoms with Crippen LogP contribution in [0.15, 0.2) is 35.6 Å². The molecule has 1 aromatic carbocycles. The average molecular weight is 309 g/mol. The highest BCUT2D eigenvalue weighted by Crippen LogP contribution is 2.20. The minimum atomic E-state index is -3.85. The van der Waals surface area contributed by atoms with Crippen molar-refractivity contribution in [3.63, 3.8) is 0 Å².